The highest BCUT2D eigenvalue weighted by Gasteiger charge is 2.19. The summed E-state index contributed by atoms with van der Waals surface area (Å²) in [6.45, 7) is 6.33. The summed E-state index contributed by atoms with van der Waals surface area (Å²) in [5, 5.41) is 20.6. The number of rotatable bonds is 6. The summed E-state index contributed by atoms with van der Waals surface area (Å²) in [6, 6.07) is 5.94. The maximum Gasteiger partial charge on any atom is 0.132 e. The predicted molar refractivity (Wildman–Crippen MR) is 76.9 cm³/mol. The summed E-state index contributed by atoms with van der Waals surface area (Å²) < 4.78 is 0. The molecule has 0 bridgehead atoms. The molecule has 0 heterocycles. The van der Waals surface area contributed by atoms with Crippen LogP contribution in [0.4, 0.5) is 0 Å². The first-order valence-corrected chi connectivity index (χ1v) is 7.48. The molecule has 2 nitrogen and oxygen atoms in total. The smallest absolute Gasteiger partial charge is 0.132 e. The minimum absolute atomic E-state index is 0.0232. The molecule has 0 aliphatic carbocycles. The zero-order valence-corrected chi connectivity index (χ0v) is 12.3. The second-order valence-electron chi connectivity index (χ2n) is 5.52. The van der Waals surface area contributed by atoms with Crippen molar-refractivity contribution in [2.75, 3.05) is 12.4 Å². The maximum absolute atomic E-state index is 10.3. The molecule has 18 heavy (non-hydrogen) atoms. The van der Waals surface area contributed by atoms with Crippen molar-refractivity contribution >= 4 is 11.8 Å². The predicted octanol–water partition coefficient (Wildman–Crippen LogP) is 4.38. The topological polar surface area (TPSA) is 40.1 Å². The third kappa shape index (κ3) is 4.54. The van der Waals surface area contributed by atoms with Gasteiger partial charge >= 0.3 is 0 Å². The summed E-state index contributed by atoms with van der Waals surface area (Å²) in [5.41, 5.74) is 0.954. The lowest BCUT2D eigenvalue weighted by atomic mass is 9.86. The van der Waals surface area contributed by atoms with E-state index in [0.717, 1.165) is 35.5 Å². The van der Waals surface area contributed by atoms with Gasteiger partial charge in [0.05, 0.1) is 6.61 Å². The molecule has 0 unspecified atom stereocenters. The number of phenolic OH excluding ortho intramolecular Hbond substituents is 1. The van der Waals surface area contributed by atoms with E-state index < -0.39 is 0 Å². The van der Waals surface area contributed by atoms with Gasteiger partial charge in [0.2, 0.25) is 0 Å². The fourth-order valence-corrected chi connectivity index (χ4v) is 2.80. The van der Waals surface area contributed by atoms with Gasteiger partial charge in [-0.2, -0.15) is 0 Å². The van der Waals surface area contributed by atoms with Gasteiger partial charge in [-0.15, -0.1) is 11.8 Å². The molecule has 0 fully saturated rings. The Balaban J connectivity index is 2.62. The number of aromatic hydroxyl groups is 1. The van der Waals surface area contributed by atoms with Gasteiger partial charge in [0.25, 0.3) is 0 Å². The molecule has 1 aromatic rings. The summed E-state index contributed by atoms with van der Waals surface area (Å²) in [4.78, 5) is 0.949. The van der Waals surface area contributed by atoms with Gasteiger partial charge in [-0.05, 0) is 30.1 Å². The Morgan fingerprint density at radius 1 is 1.17 bits per heavy atom. The van der Waals surface area contributed by atoms with Gasteiger partial charge in [-0.1, -0.05) is 39.3 Å². The molecule has 0 amide bonds. The Labute approximate surface area is 114 Å². The van der Waals surface area contributed by atoms with E-state index in [0.29, 0.717) is 5.75 Å². The molecule has 3 heteroatoms. The van der Waals surface area contributed by atoms with Crippen molar-refractivity contribution in [2.24, 2.45) is 0 Å². The molecule has 0 aromatic heterocycles. The number of benzene rings is 1. The van der Waals surface area contributed by atoms with Crippen LogP contribution in [-0.2, 0) is 10.5 Å². The second kappa shape index (κ2) is 7.05. The van der Waals surface area contributed by atoms with E-state index in [1.165, 1.54) is 0 Å². The number of phenols is 1. The molecular formula is C15H23O2S. The molecule has 0 spiro atoms. The molecule has 101 valence electrons. The van der Waals surface area contributed by atoms with Crippen molar-refractivity contribution < 1.29 is 10.2 Å². The molecular weight excluding hydrogens is 244 g/mol. The van der Waals surface area contributed by atoms with Crippen molar-refractivity contribution in [1.82, 2.24) is 0 Å². The number of unbranched alkanes of at least 4 members (excludes halogenated alkanes) is 2. The first-order chi connectivity index (χ1) is 8.46. The fourth-order valence-electron chi connectivity index (χ4n) is 1.81. The van der Waals surface area contributed by atoms with Crippen LogP contribution >= 0.6 is 11.8 Å². The number of para-hydroxylation sites is 1. The summed E-state index contributed by atoms with van der Waals surface area (Å²) in [7, 11) is 0. The molecule has 1 radical (unpaired) electrons. The van der Waals surface area contributed by atoms with Gasteiger partial charge < -0.3 is 5.11 Å². The fraction of sp³-hybridized carbons (Fsp3) is 0.600. The van der Waals surface area contributed by atoms with E-state index in [4.69, 9.17) is 0 Å². The zero-order chi connectivity index (χ0) is 13.6. The number of hydrogen-bond acceptors (Lipinski definition) is 2. The van der Waals surface area contributed by atoms with Crippen molar-refractivity contribution in [3.05, 3.63) is 23.8 Å². The zero-order valence-electron chi connectivity index (χ0n) is 11.5. The standard InChI is InChI=1S/C15H23O2S/c1-15(2,3)12-8-7-9-13(14(12)17)18-11-6-4-5-10-16/h7-9,17H,4-6,10-11H2,1-3H3. The van der Waals surface area contributed by atoms with Crippen LogP contribution in [-0.4, -0.2) is 17.5 Å². The average molecular weight is 267 g/mol. The lowest BCUT2D eigenvalue weighted by Crippen LogP contribution is -2.11. The van der Waals surface area contributed by atoms with Crippen LogP contribution in [0.15, 0.2) is 23.1 Å². The third-order valence-corrected chi connectivity index (χ3v) is 3.99. The molecule has 0 saturated heterocycles. The largest absolute Gasteiger partial charge is 0.506 e. The SMILES string of the molecule is CC(C)(C)c1cccc(SCCCCC[O])c1O. The van der Waals surface area contributed by atoms with Gasteiger partial charge in [-0.3, -0.25) is 0 Å². The van der Waals surface area contributed by atoms with Crippen LogP contribution in [0.5, 0.6) is 5.75 Å². The Kier molecular flexibility index (Phi) is 6.03. The van der Waals surface area contributed by atoms with E-state index in [-0.39, 0.29) is 12.0 Å². The van der Waals surface area contributed by atoms with Gasteiger partial charge in [0.1, 0.15) is 5.75 Å². The summed E-state index contributed by atoms with van der Waals surface area (Å²) in [5.74, 6) is 1.38. The Morgan fingerprint density at radius 3 is 2.50 bits per heavy atom. The van der Waals surface area contributed by atoms with Gasteiger partial charge in [-0.25, -0.2) is 5.11 Å². The summed E-state index contributed by atoms with van der Waals surface area (Å²) >= 11 is 1.68. The van der Waals surface area contributed by atoms with Crippen molar-refractivity contribution in [3.63, 3.8) is 0 Å². The third-order valence-electron chi connectivity index (χ3n) is 2.85. The lowest BCUT2D eigenvalue weighted by Gasteiger charge is -2.21. The van der Waals surface area contributed by atoms with Crippen molar-refractivity contribution in [3.8, 4) is 5.75 Å². The van der Waals surface area contributed by atoms with Gasteiger partial charge in [0, 0.05) is 10.5 Å². The Hall–Kier alpha value is -0.670. The quantitative estimate of drug-likeness (QED) is 0.613. The molecule has 0 aliphatic heterocycles. The minimum atomic E-state index is -0.0385. The Bertz CT molecular complexity index is 369. The van der Waals surface area contributed by atoms with Crippen LogP contribution in [0, 0.1) is 0 Å². The van der Waals surface area contributed by atoms with Crippen LogP contribution < -0.4 is 0 Å². The molecule has 1 aromatic carbocycles. The first kappa shape index (κ1) is 15.4. The molecule has 1 rings (SSSR count). The van der Waals surface area contributed by atoms with Crippen LogP contribution in [0.25, 0.3) is 0 Å². The summed E-state index contributed by atoms with van der Waals surface area (Å²) in [6.07, 6.45) is 2.77. The normalized spacial score (nSPS) is 11.8. The highest BCUT2D eigenvalue weighted by molar-refractivity contribution is 7.99. The van der Waals surface area contributed by atoms with E-state index in [1.807, 2.05) is 18.2 Å². The first-order valence-electron chi connectivity index (χ1n) is 6.50. The molecule has 1 N–H and O–H groups in total. The van der Waals surface area contributed by atoms with E-state index in [9.17, 15) is 10.2 Å². The molecule has 0 atom stereocenters. The Morgan fingerprint density at radius 2 is 1.89 bits per heavy atom. The van der Waals surface area contributed by atoms with Crippen molar-refractivity contribution in [1.29, 1.82) is 0 Å². The van der Waals surface area contributed by atoms with Crippen LogP contribution in [0.1, 0.15) is 45.6 Å². The monoisotopic (exact) mass is 267 g/mol. The minimum Gasteiger partial charge on any atom is -0.506 e. The molecule has 0 saturated carbocycles. The molecule has 0 aliphatic rings. The number of thioether (sulfide) groups is 1. The van der Waals surface area contributed by atoms with Gasteiger partial charge in [0.15, 0.2) is 0 Å². The number of hydrogen-bond donors (Lipinski definition) is 1. The maximum atomic E-state index is 10.3. The average Bonchev–Trinajstić information content (AvgIpc) is 2.29. The highest BCUT2D eigenvalue weighted by atomic mass is 32.2. The van der Waals surface area contributed by atoms with E-state index in [2.05, 4.69) is 20.8 Å². The van der Waals surface area contributed by atoms with E-state index in [1.54, 1.807) is 11.8 Å². The lowest BCUT2D eigenvalue weighted by molar-refractivity contribution is 0.186. The second-order valence-corrected chi connectivity index (χ2v) is 6.65. The highest BCUT2D eigenvalue weighted by Crippen LogP contribution is 2.37. The van der Waals surface area contributed by atoms with Crippen molar-refractivity contribution in [2.45, 2.75) is 50.3 Å². The van der Waals surface area contributed by atoms with E-state index >= 15 is 0 Å². The van der Waals surface area contributed by atoms with Crippen LogP contribution in [0.3, 0.4) is 0 Å². The van der Waals surface area contributed by atoms with Crippen LogP contribution in [0.2, 0.25) is 0 Å².